The first kappa shape index (κ1) is 26.9. The summed E-state index contributed by atoms with van der Waals surface area (Å²) in [6, 6.07) is 32.1. The van der Waals surface area contributed by atoms with Gasteiger partial charge in [0.2, 0.25) is 0 Å². The van der Waals surface area contributed by atoms with Gasteiger partial charge in [-0.15, -0.1) is 0 Å². The normalized spacial score (nSPS) is 15.1. The molecule has 0 unspecified atom stereocenters. The van der Waals surface area contributed by atoms with E-state index in [1.807, 2.05) is 55.5 Å². The van der Waals surface area contributed by atoms with Crippen molar-refractivity contribution in [3.05, 3.63) is 151 Å². The van der Waals surface area contributed by atoms with Gasteiger partial charge in [-0.2, -0.15) is 0 Å². The monoisotopic (exact) mass is 583 g/mol. The average Bonchev–Trinajstić information content (AvgIpc) is 3.56. The summed E-state index contributed by atoms with van der Waals surface area (Å²) < 4.78 is 9.63. The smallest absolute Gasteiger partial charge is 0.338 e. The standard InChI is InChI=1S/C36H29N3O3S/c1-3-29-32(35(41)42-2)33(24-13-5-4-6-14-24)39-34(40)31(43-36(39)37-29)20-26-22-38(30-19-10-9-18-28(26)30)21-25-16-11-15-23-12-7-8-17-27(23)25/h4-20,22,33H,3,21H2,1-2H3/b31-20+/t33-/m1/s1. The molecule has 1 aliphatic heterocycles. The quantitative estimate of drug-likeness (QED) is 0.228. The van der Waals surface area contributed by atoms with Crippen LogP contribution in [0.25, 0.3) is 27.8 Å². The van der Waals surface area contributed by atoms with Gasteiger partial charge in [-0.3, -0.25) is 9.36 Å². The van der Waals surface area contributed by atoms with Gasteiger partial charge in [0, 0.05) is 29.2 Å². The van der Waals surface area contributed by atoms with Gasteiger partial charge < -0.3 is 9.30 Å². The third-order valence-electron chi connectivity index (χ3n) is 8.09. The first-order valence-corrected chi connectivity index (χ1v) is 15.1. The molecule has 4 aromatic carbocycles. The predicted molar refractivity (Wildman–Crippen MR) is 172 cm³/mol. The zero-order valence-corrected chi connectivity index (χ0v) is 24.7. The molecule has 0 spiro atoms. The first-order chi connectivity index (χ1) is 21.1. The molecule has 212 valence electrons. The lowest BCUT2D eigenvalue weighted by Crippen LogP contribution is -2.40. The lowest BCUT2D eigenvalue weighted by Gasteiger charge is -2.25. The SMILES string of the molecule is CCC1=C(C(=O)OC)[C@@H](c2ccccc2)n2c(s/c(=C/c3cn(Cc4cccc5ccccc45)c4ccccc34)c2=O)=N1. The van der Waals surface area contributed by atoms with Crippen molar-refractivity contribution in [2.45, 2.75) is 25.9 Å². The van der Waals surface area contributed by atoms with Crippen LogP contribution < -0.4 is 14.9 Å². The lowest BCUT2D eigenvalue weighted by molar-refractivity contribution is -0.136. The Balaban J connectivity index is 1.40. The second-order valence-electron chi connectivity index (χ2n) is 10.6. The Hall–Kier alpha value is -5.01. The fraction of sp³-hybridized carbons (Fsp3) is 0.139. The molecule has 7 heteroatoms. The van der Waals surface area contributed by atoms with Crippen LogP contribution in [0, 0.1) is 0 Å². The van der Waals surface area contributed by atoms with Crippen LogP contribution in [0.2, 0.25) is 0 Å². The number of ether oxygens (including phenoxy) is 1. The van der Waals surface area contributed by atoms with Crippen molar-refractivity contribution in [1.82, 2.24) is 9.13 Å². The van der Waals surface area contributed by atoms with Crippen molar-refractivity contribution in [3.63, 3.8) is 0 Å². The Morgan fingerprint density at radius 3 is 2.44 bits per heavy atom. The van der Waals surface area contributed by atoms with Crippen LogP contribution in [-0.2, 0) is 16.1 Å². The number of aromatic nitrogens is 2. The molecule has 6 aromatic rings. The molecule has 1 atom stereocenters. The summed E-state index contributed by atoms with van der Waals surface area (Å²) in [6.45, 7) is 2.66. The minimum Gasteiger partial charge on any atom is -0.466 e. The van der Waals surface area contributed by atoms with E-state index in [1.54, 1.807) is 4.57 Å². The number of nitrogens with zero attached hydrogens (tertiary/aromatic N) is 3. The number of methoxy groups -OCH3 is 1. The maximum Gasteiger partial charge on any atom is 0.338 e. The van der Waals surface area contributed by atoms with Gasteiger partial charge in [0.05, 0.1) is 29.0 Å². The van der Waals surface area contributed by atoms with Gasteiger partial charge in [0.25, 0.3) is 5.56 Å². The van der Waals surface area contributed by atoms with Crippen LogP contribution in [0.15, 0.2) is 124 Å². The van der Waals surface area contributed by atoms with E-state index in [2.05, 4.69) is 65.4 Å². The number of thiazole rings is 1. The number of carbonyl (C=O) groups excluding carboxylic acids is 1. The summed E-state index contributed by atoms with van der Waals surface area (Å²) in [4.78, 5) is 32.6. The zero-order valence-electron chi connectivity index (χ0n) is 23.9. The van der Waals surface area contributed by atoms with Crippen LogP contribution in [0.3, 0.4) is 0 Å². The molecule has 0 amide bonds. The third kappa shape index (κ3) is 4.62. The molecule has 7 rings (SSSR count). The Bertz CT molecular complexity index is 2230. The van der Waals surface area contributed by atoms with E-state index in [0.29, 0.717) is 33.6 Å². The largest absolute Gasteiger partial charge is 0.466 e. The number of fused-ring (bicyclic) bond motifs is 3. The van der Waals surface area contributed by atoms with E-state index in [-0.39, 0.29) is 5.56 Å². The predicted octanol–water partition coefficient (Wildman–Crippen LogP) is 5.95. The first-order valence-electron chi connectivity index (χ1n) is 14.3. The molecule has 3 heterocycles. The molecule has 0 N–H and O–H groups in total. The zero-order chi connectivity index (χ0) is 29.5. The molecule has 2 aromatic heterocycles. The molecule has 6 nitrogen and oxygen atoms in total. The summed E-state index contributed by atoms with van der Waals surface area (Å²) in [5, 5.41) is 3.51. The maximum atomic E-state index is 14.1. The number of rotatable bonds is 6. The Kier molecular flexibility index (Phi) is 6.87. The van der Waals surface area contributed by atoms with Crippen LogP contribution in [0.4, 0.5) is 0 Å². The number of esters is 1. The number of carbonyl (C=O) groups is 1. The van der Waals surface area contributed by atoms with Gasteiger partial charge in [-0.25, -0.2) is 9.79 Å². The average molecular weight is 584 g/mol. The fourth-order valence-electron chi connectivity index (χ4n) is 6.09. The molecule has 0 saturated heterocycles. The van der Waals surface area contributed by atoms with Gasteiger partial charge >= 0.3 is 5.97 Å². The molecule has 0 aliphatic carbocycles. The van der Waals surface area contributed by atoms with Gasteiger partial charge in [-0.05, 0) is 40.5 Å². The molecule has 0 saturated carbocycles. The minimum atomic E-state index is -0.616. The van der Waals surface area contributed by atoms with E-state index in [4.69, 9.17) is 9.73 Å². The fourth-order valence-corrected chi connectivity index (χ4v) is 7.10. The van der Waals surface area contributed by atoms with E-state index in [1.165, 1.54) is 34.8 Å². The van der Waals surface area contributed by atoms with Crippen molar-refractivity contribution in [2.24, 2.45) is 4.99 Å². The maximum absolute atomic E-state index is 14.1. The molecular formula is C36H29N3O3S. The van der Waals surface area contributed by atoms with Crippen molar-refractivity contribution < 1.29 is 9.53 Å². The molecule has 0 fully saturated rings. The van der Waals surface area contributed by atoms with Crippen LogP contribution >= 0.6 is 11.3 Å². The molecular weight excluding hydrogens is 554 g/mol. The highest BCUT2D eigenvalue weighted by Gasteiger charge is 2.33. The molecule has 1 aliphatic rings. The Labute approximate surface area is 252 Å². The van der Waals surface area contributed by atoms with Crippen molar-refractivity contribution in [1.29, 1.82) is 0 Å². The third-order valence-corrected chi connectivity index (χ3v) is 9.08. The summed E-state index contributed by atoms with van der Waals surface area (Å²) in [5.74, 6) is -0.472. The summed E-state index contributed by atoms with van der Waals surface area (Å²) in [6.07, 6.45) is 4.62. The second-order valence-corrected chi connectivity index (χ2v) is 11.6. The van der Waals surface area contributed by atoms with E-state index >= 15 is 0 Å². The highest BCUT2D eigenvalue weighted by atomic mass is 32.1. The van der Waals surface area contributed by atoms with Gasteiger partial charge in [-0.1, -0.05) is 109 Å². The number of allylic oxidation sites excluding steroid dienone is 1. The molecule has 0 bridgehead atoms. The summed E-state index contributed by atoms with van der Waals surface area (Å²) in [5.41, 5.74) is 4.98. The highest BCUT2D eigenvalue weighted by Crippen LogP contribution is 2.32. The van der Waals surface area contributed by atoms with E-state index in [0.717, 1.165) is 22.0 Å². The number of hydrogen-bond acceptors (Lipinski definition) is 5. The second kappa shape index (κ2) is 11.0. The van der Waals surface area contributed by atoms with Crippen LogP contribution in [-0.4, -0.2) is 22.2 Å². The van der Waals surface area contributed by atoms with Crippen LogP contribution in [0.5, 0.6) is 0 Å². The van der Waals surface area contributed by atoms with Crippen molar-refractivity contribution in [3.8, 4) is 0 Å². The minimum absolute atomic E-state index is 0.181. The Morgan fingerprint density at radius 1 is 0.930 bits per heavy atom. The number of benzene rings is 4. The highest BCUT2D eigenvalue weighted by molar-refractivity contribution is 7.07. The topological polar surface area (TPSA) is 65.6 Å². The van der Waals surface area contributed by atoms with E-state index < -0.39 is 12.0 Å². The van der Waals surface area contributed by atoms with Crippen LogP contribution in [0.1, 0.15) is 36.1 Å². The summed E-state index contributed by atoms with van der Waals surface area (Å²) in [7, 11) is 1.36. The molecule has 0 radical (unpaired) electrons. The lowest BCUT2D eigenvalue weighted by atomic mass is 9.95. The summed E-state index contributed by atoms with van der Waals surface area (Å²) >= 11 is 1.35. The van der Waals surface area contributed by atoms with Gasteiger partial charge in [0.15, 0.2) is 4.80 Å². The van der Waals surface area contributed by atoms with Gasteiger partial charge in [0.1, 0.15) is 0 Å². The van der Waals surface area contributed by atoms with Crippen molar-refractivity contribution >= 4 is 45.1 Å². The van der Waals surface area contributed by atoms with Crippen molar-refractivity contribution in [2.75, 3.05) is 7.11 Å². The van der Waals surface area contributed by atoms with E-state index in [9.17, 15) is 9.59 Å². The number of hydrogen-bond donors (Lipinski definition) is 0. The Morgan fingerprint density at radius 2 is 1.65 bits per heavy atom. The molecule has 43 heavy (non-hydrogen) atoms. The number of para-hydroxylation sites is 1.